The molecular formula is C17H27N3O2. The van der Waals surface area contributed by atoms with Crippen LogP contribution >= 0.6 is 0 Å². The maximum absolute atomic E-state index is 11.4. The monoisotopic (exact) mass is 305 g/mol. The summed E-state index contributed by atoms with van der Waals surface area (Å²) in [7, 11) is 1.77. The lowest BCUT2D eigenvalue weighted by Gasteiger charge is -2.35. The molecule has 2 unspecified atom stereocenters. The second kappa shape index (κ2) is 8.27. The molecule has 122 valence electrons. The molecule has 5 nitrogen and oxygen atoms in total. The molecule has 2 atom stereocenters. The van der Waals surface area contributed by atoms with Gasteiger partial charge in [0, 0.05) is 26.2 Å². The number of ether oxygens (including phenoxy) is 1. The zero-order valence-corrected chi connectivity index (χ0v) is 13.8. The van der Waals surface area contributed by atoms with E-state index in [9.17, 15) is 4.79 Å². The van der Waals surface area contributed by atoms with Gasteiger partial charge in [0.05, 0.1) is 18.8 Å². The number of benzene rings is 1. The first kappa shape index (κ1) is 16.9. The molecule has 1 saturated heterocycles. The highest BCUT2D eigenvalue weighted by molar-refractivity contribution is 5.77. The van der Waals surface area contributed by atoms with Crippen molar-refractivity contribution in [1.29, 1.82) is 0 Å². The van der Waals surface area contributed by atoms with E-state index in [0.29, 0.717) is 25.3 Å². The lowest BCUT2D eigenvalue weighted by atomic mass is 10.1. The summed E-state index contributed by atoms with van der Waals surface area (Å²) in [4.78, 5) is 13.8. The van der Waals surface area contributed by atoms with Crippen molar-refractivity contribution in [2.24, 2.45) is 0 Å². The molecule has 1 aromatic carbocycles. The number of carbonyl (C=O) groups excluding carboxylic acids is 1. The van der Waals surface area contributed by atoms with Crippen LogP contribution in [0, 0.1) is 0 Å². The Bertz CT molecular complexity index is 465. The van der Waals surface area contributed by atoms with E-state index < -0.39 is 0 Å². The Labute approximate surface area is 133 Å². The molecule has 2 rings (SSSR count). The van der Waals surface area contributed by atoms with Crippen LogP contribution in [0.4, 0.5) is 0 Å². The topological polar surface area (TPSA) is 53.6 Å². The number of morpholine rings is 1. The van der Waals surface area contributed by atoms with Gasteiger partial charge in [0.2, 0.25) is 5.91 Å². The second-order valence-electron chi connectivity index (χ2n) is 6.07. The predicted molar refractivity (Wildman–Crippen MR) is 87.5 cm³/mol. The molecule has 1 aliphatic heterocycles. The third kappa shape index (κ3) is 5.40. The van der Waals surface area contributed by atoms with Crippen molar-refractivity contribution in [3.05, 3.63) is 35.4 Å². The lowest BCUT2D eigenvalue weighted by Crippen LogP contribution is -2.44. The molecule has 0 aliphatic carbocycles. The van der Waals surface area contributed by atoms with Crippen molar-refractivity contribution in [3.8, 4) is 0 Å². The third-order valence-corrected chi connectivity index (χ3v) is 3.75. The van der Waals surface area contributed by atoms with E-state index in [-0.39, 0.29) is 5.91 Å². The SMILES string of the molecule is CNCC(=O)NCc1ccc(CN2CC(C)OC(C)C2)cc1. The van der Waals surface area contributed by atoms with Crippen molar-refractivity contribution in [2.45, 2.75) is 39.1 Å². The average Bonchev–Trinajstić information content (AvgIpc) is 2.46. The van der Waals surface area contributed by atoms with Crippen LogP contribution in [0.25, 0.3) is 0 Å². The molecule has 0 aromatic heterocycles. The smallest absolute Gasteiger partial charge is 0.234 e. The summed E-state index contributed by atoms with van der Waals surface area (Å²) >= 11 is 0. The summed E-state index contributed by atoms with van der Waals surface area (Å²) in [6, 6.07) is 8.46. The minimum Gasteiger partial charge on any atom is -0.373 e. The zero-order chi connectivity index (χ0) is 15.9. The van der Waals surface area contributed by atoms with E-state index >= 15 is 0 Å². The number of hydrogen-bond acceptors (Lipinski definition) is 4. The van der Waals surface area contributed by atoms with Gasteiger partial charge >= 0.3 is 0 Å². The van der Waals surface area contributed by atoms with E-state index in [4.69, 9.17) is 4.74 Å². The number of nitrogens with one attached hydrogen (secondary N) is 2. The maximum atomic E-state index is 11.4. The summed E-state index contributed by atoms with van der Waals surface area (Å²) in [6.07, 6.45) is 0.593. The van der Waals surface area contributed by atoms with Crippen molar-refractivity contribution in [3.63, 3.8) is 0 Å². The van der Waals surface area contributed by atoms with E-state index in [1.54, 1.807) is 7.05 Å². The number of nitrogens with zero attached hydrogens (tertiary/aromatic N) is 1. The molecule has 1 amide bonds. The molecule has 1 heterocycles. The van der Waals surface area contributed by atoms with E-state index in [0.717, 1.165) is 25.2 Å². The van der Waals surface area contributed by atoms with Crippen molar-refractivity contribution >= 4 is 5.91 Å². The fourth-order valence-electron chi connectivity index (χ4n) is 2.86. The highest BCUT2D eigenvalue weighted by Gasteiger charge is 2.21. The fourth-order valence-corrected chi connectivity index (χ4v) is 2.86. The summed E-state index contributed by atoms with van der Waals surface area (Å²) in [5.41, 5.74) is 2.42. The molecule has 2 N–H and O–H groups in total. The van der Waals surface area contributed by atoms with Gasteiger partial charge < -0.3 is 15.4 Å². The largest absolute Gasteiger partial charge is 0.373 e. The normalized spacial score (nSPS) is 22.5. The van der Waals surface area contributed by atoms with Gasteiger partial charge in [-0.05, 0) is 32.0 Å². The van der Waals surface area contributed by atoms with Gasteiger partial charge in [-0.2, -0.15) is 0 Å². The molecule has 0 saturated carbocycles. The number of carbonyl (C=O) groups is 1. The highest BCUT2D eigenvalue weighted by atomic mass is 16.5. The minimum absolute atomic E-state index is 0.0165. The van der Waals surface area contributed by atoms with Crippen LogP contribution in [-0.2, 0) is 22.6 Å². The van der Waals surface area contributed by atoms with E-state index in [1.807, 2.05) is 0 Å². The Hall–Kier alpha value is -1.43. The summed E-state index contributed by atoms with van der Waals surface area (Å²) in [5, 5.41) is 5.72. The molecule has 5 heteroatoms. The molecular weight excluding hydrogens is 278 g/mol. The number of amides is 1. The van der Waals surface area contributed by atoms with Crippen molar-refractivity contribution in [1.82, 2.24) is 15.5 Å². The molecule has 0 radical (unpaired) electrons. The van der Waals surface area contributed by atoms with E-state index in [1.165, 1.54) is 5.56 Å². The number of rotatable bonds is 6. The lowest BCUT2D eigenvalue weighted by molar-refractivity contribution is -0.120. The highest BCUT2D eigenvalue weighted by Crippen LogP contribution is 2.14. The van der Waals surface area contributed by atoms with Crippen LogP contribution < -0.4 is 10.6 Å². The Balaban J connectivity index is 1.82. The molecule has 0 bridgehead atoms. The second-order valence-corrected chi connectivity index (χ2v) is 6.07. The van der Waals surface area contributed by atoms with Crippen LogP contribution in [0.5, 0.6) is 0 Å². The zero-order valence-electron chi connectivity index (χ0n) is 13.8. The van der Waals surface area contributed by atoms with Crippen LogP contribution in [0.3, 0.4) is 0 Å². The maximum Gasteiger partial charge on any atom is 0.234 e. The van der Waals surface area contributed by atoms with Gasteiger partial charge in [-0.1, -0.05) is 24.3 Å². The molecule has 1 aliphatic rings. The van der Waals surface area contributed by atoms with Gasteiger partial charge in [0.15, 0.2) is 0 Å². The first-order chi connectivity index (χ1) is 10.6. The van der Waals surface area contributed by atoms with E-state index in [2.05, 4.69) is 53.6 Å². The Kier molecular flexibility index (Phi) is 6.36. The first-order valence-corrected chi connectivity index (χ1v) is 7.93. The standard InChI is InChI=1S/C17H27N3O2/c1-13-10-20(11-14(2)22-13)12-16-6-4-15(5-7-16)8-19-17(21)9-18-3/h4-7,13-14,18H,8-12H2,1-3H3,(H,19,21). The van der Waals surface area contributed by atoms with Crippen LogP contribution in [0.1, 0.15) is 25.0 Å². The van der Waals surface area contributed by atoms with Crippen LogP contribution in [0.2, 0.25) is 0 Å². The molecule has 0 spiro atoms. The number of hydrogen-bond donors (Lipinski definition) is 2. The van der Waals surface area contributed by atoms with Crippen LogP contribution in [0.15, 0.2) is 24.3 Å². The summed E-state index contributed by atoms with van der Waals surface area (Å²) < 4.78 is 5.76. The fraction of sp³-hybridized carbons (Fsp3) is 0.588. The van der Waals surface area contributed by atoms with Crippen molar-refractivity contribution < 1.29 is 9.53 Å². The quantitative estimate of drug-likeness (QED) is 0.827. The van der Waals surface area contributed by atoms with Crippen molar-refractivity contribution in [2.75, 3.05) is 26.7 Å². The van der Waals surface area contributed by atoms with Gasteiger partial charge in [0.1, 0.15) is 0 Å². The van der Waals surface area contributed by atoms with Crippen LogP contribution in [-0.4, -0.2) is 49.7 Å². The number of likely N-dealkylation sites (N-methyl/N-ethyl adjacent to an activating group) is 1. The van der Waals surface area contributed by atoms with Gasteiger partial charge in [-0.3, -0.25) is 9.69 Å². The molecule has 1 aromatic rings. The van der Waals surface area contributed by atoms with Gasteiger partial charge in [-0.15, -0.1) is 0 Å². The third-order valence-electron chi connectivity index (χ3n) is 3.75. The Morgan fingerprint density at radius 2 is 1.77 bits per heavy atom. The summed E-state index contributed by atoms with van der Waals surface area (Å²) in [6.45, 7) is 8.08. The molecule has 1 fully saturated rings. The average molecular weight is 305 g/mol. The summed E-state index contributed by atoms with van der Waals surface area (Å²) in [5.74, 6) is 0.0165. The van der Waals surface area contributed by atoms with Gasteiger partial charge in [0.25, 0.3) is 0 Å². The molecule has 22 heavy (non-hydrogen) atoms. The van der Waals surface area contributed by atoms with Gasteiger partial charge in [-0.25, -0.2) is 0 Å². The Morgan fingerprint density at radius 1 is 1.18 bits per heavy atom. The predicted octanol–water partition coefficient (Wildman–Crippen LogP) is 1.13. The first-order valence-electron chi connectivity index (χ1n) is 7.93. The minimum atomic E-state index is 0.0165. The Morgan fingerprint density at radius 3 is 2.36 bits per heavy atom.